The predicted octanol–water partition coefficient (Wildman–Crippen LogP) is 5.51. The summed E-state index contributed by atoms with van der Waals surface area (Å²) in [7, 11) is 0. The van der Waals surface area contributed by atoms with Crippen molar-refractivity contribution >= 4 is 35.1 Å². The molecule has 0 fully saturated rings. The number of carbonyl (C=O) groups excluding carboxylic acids is 1. The minimum absolute atomic E-state index is 0.157. The van der Waals surface area contributed by atoms with Crippen molar-refractivity contribution in [2.45, 2.75) is 20.4 Å². The van der Waals surface area contributed by atoms with Crippen molar-refractivity contribution in [2.24, 2.45) is 0 Å². The number of benzene rings is 2. The standard InChI is InChI=1S/C28H23N7O2/c1-18-13-21(5-3-11-29)14-19(2)26(18)34-25-15-24(27(36)31-17-23-6-4-12-37-23)33-28(35-25)32-22-9-7-20(16-30)8-10-22/h3-10,12-15H,17H2,1-2H3,(H,31,36)(H2,32,33,34,35)/b5-3+. The highest BCUT2D eigenvalue weighted by Gasteiger charge is 2.15. The summed E-state index contributed by atoms with van der Waals surface area (Å²) in [4.78, 5) is 21.9. The zero-order valence-electron chi connectivity index (χ0n) is 20.2. The van der Waals surface area contributed by atoms with E-state index in [2.05, 4.69) is 32.0 Å². The molecule has 2 aromatic carbocycles. The average Bonchev–Trinajstić information content (AvgIpc) is 3.42. The van der Waals surface area contributed by atoms with Gasteiger partial charge in [0.25, 0.3) is 5.91 Å². The van der Waals surface area contributed by atoms with E-state index in [0.717, 1.165) is 22.4 Å². The van der Waals surface area contributed by atoms with Crippen molar-refractivity contribution in [1.29, 1.82) is 10.5 Å². The molecule has 0 atom stereocenters. The molecule has 2 heterocycles. The van der Waals surface area contributed by atoms with Crippen molar-refractivity contribution in [2.75, 3.05) is 10.6 Å². The third kappa shape index (κ3) is 6.38. The number of nitriles is 2. The Morgan fingerprint density at radius 3 is 2.43 bits per heavy atom. The Morgan fingerprint density at radius 1 is 1.03 bits per heavy atom. The summed E-state index contributed by atoms with van der Waals surface area (Å²) in [5, 5.41) is 27.1. The molecule has 4 aromatic rings. The molecule has 4 rings (SSSR count). The monoisotopic (exact) mass is 489 g/mol. The lowest BCUT2D eigenvalue weighted by Gasteiger charge is -2.15. The Morgan fingerprint density at radius 2 is 1.78 bits per heavy atom. The molecule has 0 spiro atoms. The summed E-state index contributed by atoms with van der Waals surface area (Å²) < 4.78 is 5.29. The largest absolute Gasteiger partial charge is 0.467 e. The number of hydrogen-bond acceptors (Lipinski definition) is 8. The van der Waals surface area contributed by atoms with Crippen LogP contribution in [0.3, 0.4) is 0 Å². The second kappa shape index (κ2) is 11.3. The van der Waals surface area contributed by atoms with Crippen molar-refractivity contribution in [1.82, 2.24) is 15.3 Å². The van der Waals surface area contributed by atoms with Crippen LogP contribution in [0.5, 0.6) is 0 Å². The number of rotatable bonds is 8. The van der Waals surface area contributed by atoms with Crippen LogP contribution in [0.1, 0.15) is 38.5 Å². The SMILES string of the molecule is Cc1cc(/C=C/C#N)cc(C)c1Nc1cc(C(=O)NCc2ccco2)nc(Nc2ccc(C#N)cc2)n1. The van der Waals surface area contributed by atoms with E-state index < -0.39 is 5.91 Å². The van der Waals surface area contributed by atoms with Crippen molar-refractivity contribution in [3.8, 4) is 12.1 Å². The fourth-order valence-corrected chi connectivity index (χ4v) is 3.66. The van der Waals surface area contributed by atoms with E-state index in [4.69, 9.17) is 14.9 Å². The number of aromatic nitrogens is 2. The van der Waals surface area contributed by atoms with Gasteiger partial charge in [-0.25, -0.2) is 4.98 Å². The molecule has 9 nitrogen and oxygen atoms in total. The first-order valence-electron chi connectivity index (χ1n) is 11.4. The third-order valence-electron chi connectivity index (χ3n) is 5.39. The highest BCUT2D eigenvalue weighted by atomic mass is 16.3. The number of furan rings is 1. The highest BCUT2D eigenvalue weighted by Crippen LogP contribution is 2.27. The molecule has 0 aliphatic rings. The fourth-order valence-electron chi connectivity index (χ4n) is 3.66. The van der Waals surface area contributed by atoms with Gasteiger partial charge in [-0.15, -0.1) is 0 Å². The highest BCUT2D eigenvalue weighted by molar-refractivity contribution is 5.93. The van der Waals surface area contributed by atoms with Crippen molar-refractivity contribution in [3.63, 3.8) is 0 Å². The number of nitrogens with zero attached hydrogens (tertiary/aromatic N) is 4. The molecule has 0 unspecified atom stereocenters. The maximum absolute atomic E-state index is 12.9. The summed E-state index contributed by atoms with van der Waals surface area (Å²) in [6.07, 6.45) is 4.72. The number of allylic oxidation sites excluding steroid dienone is 1. The lowest BCUT2D eigenvalue weighted by Crippen LogP contribution is -2.24. The molecule has 1 amide bonds. The fraction of sp³-hybridized carbons (Fsp3) is 0.107. The zero-order valence-corrected chi connectivity index (χ0v) is 20.2. The minimum atomic E-state index is -0.393. The summed E-state index contributed by atoms with van der Waals surface area (Å²) >= 11 is 0. The van der Waals surface area contributed by atoms with E-state index in [9.17, 15) is 4.79 Å². The Labute approximate surface area is 214 Å². The summed E-state index contributed by atoms with van der Waals surface area (Å²) in [6.45, 7) is 4.12. The lowest BCUT2D eigenvalue weighted by atomic mass is 10.0. The summed E-state index contributed by atoms with van der Waals surface area (Å²) in [5.74, 6) is 0.853. The topological polar surface area (TPSA) is 140 Å². The van der Waals surface area contributed by atoms with Crippen molar-refractivity contribution < 1.29 is 9.21 Å². The molecule has 9 heteroatoms. The smallest absolute Gasteiger partial charge is 0.270 e. The molecule has 0 bridgehead atoms. The molecule has 37 heavy (non-hydrogen) atoms. The van der Waals surface area contributed by atoms with Gasteiger partial charge in [0.05, 0.1) is 30.5 Å². The van der Waals surface area contributed by atoms with Crippen LogP contribution in [-0.4, -0.2) is 15.9 Å². The van der Waals surface area contributed by atoms with Crippen LogP contribution in [-0.2, 0) is 6.54 Å². The Bertz CT molecular complexity index is 1500. The summed E-state index contributed by atoms with van der Waals surface area (Å²) in [5.41, 5.74) is 4.98. The van der Waals surface area contributed by atoms with E-state index in [1.165, 1.54) is 6.08 Å². The first-order valence-corrected chi connectivity index (χ1v) is 11.4. The number of hydrogen-bond donors (Lipinski definition) is 3. The summed E-state index contributed by atoms with van der Waals surface area (Å²) in [6, 6.07) is 19.9. The van der Waals surface area contributed by atoms with Crippen LogP contribution >= 0.6 is 0 Å². The number of nitrogens with one attached hydrogen (secondary N) is 3. The van der Waals surface area contributed by atoms with Crippen LogP contribution in [0.4, 0.5) is 23.1 Å². The first-order chi connectivity index (χ1) is 17.9. The lowest BCUT2D eigenvalue weighted by molar-refractivity contribution is 0.0943. The molecule has 0 radical (unpaired) electrons. The van der Waals surface area contributed by atoms with Crippen molar-refractivity contribution in [3.05, 3.63) is 101 Å². The number of anilines is 4. The minimum Gasteiger partial charge on any atom is -0.467 e. The van der Waals surface area contributed by atoms with Gasteiger partial charge < -0.3 is 20.4 Å². The molecule has 0 aliphatic heterocycles. The van der Waals surface area contributed by atoms with E-state index in [1.54, 1.807) is 54.8 Å². The van der Waals surface area contributed by atoms with Gasteiger partial charge in [-0.2, -0.15) is 15.5 Å². The van der Waals surface area contributed by atoms with E-state index in [-0.39, 0.29) is 18.2 Å². The molecular weight excluding hydrogens is 466 g/mol. The van der Waals surface area contributed by atoms with Gasteiger partial charge in [0.2, 0.25) is 5.95 Å². The molecule has 2 aromatic heterocycles. The maximum Gasteiger partial charge on any atom is 0.270 e. The second-order valence-corrected chi connectivity index (χ2v) is 8.16. The van der Waals surface area contributed by atoms with Gasteiger partial charge in [-0.1, -0.05) is 0 Å². The molecule has 3 N–H and O–H groups in total. The van der Waals surface area contributed by atoms with Gasteiger partial charge in [-0.05, 0) is 85.1 Å². The Balaban J connectivity index is 1.65. The number of amides is 1. The Hall–Kier alpha value is -5.41. The van der Waals surface area contributed by atoms with E-state index in [1.807, 2.05) is 32.0 Å². The molecule has 0 saturated carbocycles. The Kier molecular flexibility index (Phi) is 7.57. The number of carbonyl (C=O) groups is 1. The third-order valence-corrected chi connectivity index (χ3v) is 5.39. The van der Waals surface area contributed by atoms with Crippen LogP contribution < -0.4 is 16.0 Å². The van der Waals surface area contributed by atoms with Gasteiger partial charge in [0.1, 0.15) is 17.3 Å². The van der Waals surface area contributed by atoms with Gasteiger partial charge >= 0.3 is 0 Å². The molecule has 182 valence electrons. The number of aryl methyl sites for hydroxylation is 2. The average molecular weight is 490 g/mol. The molecule has 0 aliphatic carbocycles. The van der Waals surface area contributed by atoms with Crippen LogP contribution in [0, 0.1) is 36.5 Å². The molecular formula is C28H23N7O2. The molecule has 0 saturated heterocycles. The van der Waals surface area contributed by atoms with Crippen LogP contribution in [0.2, 0.25) is 0 Å². The predicted molar refractivity (Wildman–Crippen MR) is 140 cm³/mol. The zero-order chi connectivity index (χ0) is 26.2. The van der Waals surface area contributed by atoms with Gasteiger partial charge in [0, 0.05) is 23.5 Å². The van der Waals surface area contributed by atoms with E-state index >= 15 is 0 Å². The quantitative estimate of drug-likeness (QED) is 0.275. The van der Waals surface area contributed by atoms with Gasteiger partial charge in [-0.3, -0.25) is 4.79 Å². The van der Waals surface area contributed by atoms with Gasteiger partial charge in [0.15, 0.2) is 0 Å². The first kappa shape index (κ1) is 24.7. The van der Waals surface area contributed by atoms with E-state index in [0.29, 0.717) is 22.8 Å². The second-order valence-electron chi connectivity index (χ2n) is 8.16. The van der Waals surface area contributed by atoms with Crippen LogP contribution in [0.15, 0.2) is 71.4 Å². The normalized spacial score (nSPS) is 10.5. The van der Waals surface area contributed by atoms with Crippen LogP contribution in [0.25, 0.3) is 6.08 Å². The maximum atomic E-state index is 12.9.